The average Bonchev–Trinajstić information content (AvgIpc) is 2.20. The maximum atomic E-state index is 11.3. The molecule has 1 rings (SSSR count). The minimum absolute atomic E-state index is 0.113. The third kappa shape index (κ3) is 3.66. The van der Waals surface area contributed by atoms with Crippen LogP contribution in [0.2, 0.25) is 0 Å². The van der Waals surface area contributed by atoms with Crippen molar-refractivity contribution >= 4 is 5.78 Å². The van der Waals surface area contributed by atoms with Crippen molar-refractivity contribution in [2.24, 2.45) is 5.92 Å². The highest BCUT2D eigenvalue weighted by Gasteiger charge is 2.33. The minimum Gasteiger partial charge on any atom is -0.395 e. The zero-order chi connectivity index (χ0) is 13.1. The van der Waals surface area contributed by atoms with Crippen molar-refractivity contribution in [2.75, 3.05) is 19.7 Å². The van der Waals surface area contributed by atoms with Gasteiger partial charge in [-0.15, -0.1) is 0 Å². The quantitative estimate of drug-likeness (QED) is 0.573. The van der Waals surface area contributed by atoms with Crippen molar-refractivity contribution in [3.8, 4) is 0 Å². The lowest BCUT2D eigenvalue weighted by molar-refractivity contribution is -0.118. The molecule has 0 aromatic heterocycles. The number of carbonyl (C=O) groups excluding carboxylic acids is 1. The lowest BCUT2D eigenvalue weighted by atomic mass is 10.0. The maximum absolute atomic E-state index is 11.3. The van der Waals surface area contributed by atoms with E-state index in [-0.39, 0.29) is 30.5 Å². The Hall–Kier alpha value is -1.17. The Kier molecular flexibility index (Phi) is 4.45. The van der Waals surface area contributed by atoms with E-state index in [9.17, 15) is 15.0 Å². The van der Waals surface area contributed by atoms with Gasteiger partial charge in [-0.2, -0.15) is 0 Å². The fraction of sp³-hybridized carbons (Fsp3) is 0.583. The van der Waals surface area contributed by atoms with Crippen LogP contribution in [0, 0.1) is 5.92 Å². The van der Waals surface area contributed by atoms with Crippen LogP contribution < -0.4 is 0 Å². The first-order chi connectivity index (χ1) is 7.86. The van der Waals surface area contributed by atoms with Crippen molar-refractivity contribution in [1.29, 1.82) is 0 Å². The van der Waals surface area contributed by atoms with Crippen molar-refractivity contribution in [1.82, 2.24) is 4.90 Å². The highest BCUT2D eigenvalue weighted by molar-refractivity contribution is 6.01. The molecule has 0 amide bonds. The summed E-state index contributed by atoms with van der Waals surface area (Å²) in [6, 6.07) is 0. The summed E-state index contributed by atoms with van der Waals surface area (Å²) in [6.07, 6.45) is 3.36. The van der Waals surface area contributed by atoms with Crippen molar-refractivity contribution in [3.63, 3.8) is 0 Å². The number of aliphatic hydroxyl groups excluding tert-OH is 1. The maximum Gasteiger partial charge on any atom is 0.225 e. The number of hydrogen-bond donors (Lipinski definition) is 3. The second-order valence-corrected chi connectivity index (χ2v) is 4.55. The molecule has 0 aromatic carbocycles. The van der Waals surface area contributed by atoms with E-state index in [1.54, 1.807) is 4.90 Å². The molecule has 0 fully saturated rings. The standard InChI is InChI=1S/C12H19NO4/c1-9(2)8-13(5-6-14)11-7-10(15)3-4-12(11,16)17/h3-4,7,9,14,16-17H,5-6,8H2,1-2H3. The third-order valence-corrected chi connectivity index (χ3v) is 2.43. The molecule has 5 heteroatoms. The molecule has 0 bridgehead atoms. The summed E-state index contributed by atoms with van der Waals surface area (Å²) in [5, 5.41) is 28.6. The van der Waals surface area contributed by atoms with Gasteiger partial charge in [0.25, 0.3) is 0 Å². The molecule has 1 aliphatic rings. The molecule has 0 saturated carbocycles. The second kappa shape index (κ2) is 5.44. The van der Waals surface area contributed by atoms with Gasteiger partial charge in [0.05, 0.1) is 12.3 Å². The molecular formula is C12H19NO4. The van der Waals surface area contributed by atoms with E-state index in [2.05, 4.69) is 0 Å². The zero-order valence-electron chi connectivity index (χ0n) is 10.1. The zero-order valence-corrected chi connectivity index (χ0v) is 10.1. The Balaban J connectivity index is 2.95. The predicted octanol–water partition coefficient (Wildman–Crippen LogP) is -0.360. The molecule has 3 N–H and O–H groups in total. The number of carbonyl (C=O) groups is 1. The van der Waals surface area contributed by atoms with E-state index in [4.69, 9.17) is 5.11 Å². The molecule has 0 radical (unpaired) electrons. The van der Waals surface area contributed by atoms with Gasteiger partial charge in [0.15, 0.2) is 5.78 Å². The van der Waals surface area contributed by atoms with Crippen LogP contribution in [0.1, 0.15) is 13.8 Å². The molecule has 96 valence electrons. The number of nitrogens with zero attached hydrogens (tertiary/aromatic N) is 1. The highest BCUT2D eigenvalue weighted by atomic mass is 16.5. The molecule has 0 saturated heterocycles. The van der Waals surface area contributed by atoms with E-state index in [0.29, 0.717) is 6.54 Å². The summed E-state index contributed by atoms with van der Waals surface area (Å²) < 4.78 is 0. The summed E-state index contributed by atoms with van der Waals surface area (Å²) in [4.78, 5) is 12.9. The van der Waals surface area contributed by atoms with Gasteiger partial charge >= 0.3 is 0 Å². The van der Waals surface area contributed by atoms with Crippen LogP contribution in [0.5, 0.6) is 0 Å². The largest absolute Gasteiger partial charge is 0.395 e. The molecule has 1 aliphatic carbocycles. The summed E-state index contributed by atoms with van der Waals surface area (Å²) in [5.74, 6) is -2.15. The van der Waals surface area contributed by atoms with Gasteiger partial charge in [0.2, 0.25) is 5.79 Å². The molecule has 17 heavy (non-hydrogen) atoms. The van der Waals surface area contributed by atoms with E-state index in [0.717, 1.165) is 12.2 Å². The predicted molar refractivity (Wildman–Crippen MR) is 62.9 cm³/mol. The Morgan fingerprint density at radius 1 is 1.41 bits per heavy atom. The Morgan fingerprint density at radius 3 is 2.59 bits per heavy atom. The summed E-state index contributed by atoms with van der Waals surface area (Å²) in [6.45, 7) is 4.63. The van der Waals surface area contributed by atoms with Crippen LogP contribution in [-0.4, -0.2) is 51.5 Å². The average molecular weight is 241 g/mol. The lowest BCUT2D eigenvalue weighted by Gasteiger charge is -2.35. The molecule has 0 aliphatic heterocycles. The van der Waals surface area contributed by atoms with Crippen LogP contribution in [0.4, 0.5) is 0 Å². The van der Waals surface area contributed by atoms with E-state index in [1.165, 1.54) is 6.08 Å². The van der Waals surface area contributed by atoms with Crippen LogP contribution >= 0.6 is 0 Å². The summed E-state index contributed by atoms with van der Waals surface area (Å²) in [7, 11) is 0. The molecule has 0 atom stereocenters. The first-order valence-electron chi connectivity index (χ1n) is 5.62. The van der Waals surface area contributed by atoms with Crippen LogP contribution in [0.3, 0.4) is 0 Å². The fourth-order valence-electron chi connectivity index (χ4n) is 1.77. The molecule has 0 unspecified atom stereocenters. The fourth-order valence-corrected chi connectivity index (χ4v) is 1.77. The first kappa shape index (κ1) is 13.9. The van der Waals surface area contributed by atoms with Crippen molar-refractivity contribution < 1.29 is 20.1 Å². The molecule has 0 heterocycles. The third-order valence-electron chi connectivity index (χ3n) is 2.43. The number of hydrogen-bond acceptors (Lipinski definition) is 5. The van der Waals surface area contributed by atoms with Gasteiger partial charge in [-0.05, 0) is 18.1 Å². The van der Waals surface area contributed by atoms with E-state index in [1.807, 2.05) is 13.8 Å². The lowest BCUT2D eigenvalue weighted by Crippen LogP contribution is -2.43. The Labute approximate surface area is 101 Å². The second-order valence-electron chi connectivity index (χ2n) is 4.55. The van der Waals surface area contributed by atoms with Gasteiger partial charge in [0, 0.05) is 19.2 Å². The molecule has 0 spiro atoms. The van der Waals surface area contributed by atoms with Gasteiger partial charge in [-0.25, -0.2) is 0 Å². The monoisotopic (exact) mass is 241 g/mol. The first-order valence-corrected chi connectivity index (χ1v) is 5.62. The number of rotatable bonds is 5. The van der Waals surface area contributed by atoms with Gasteiger partial charge in [-0.1, -0.05) is 13.8 Å². The van der Waals surface area contributed by atoms with Gasteiger partial charge in [0.1, 0.15) is 0 Å². The molecular weight excluding hydrogens is 222 g/mol. The molecule has 0 aromatic rings. The number of ketones is 1. The summed E-state index contributed by atoms with van der Waals surface area (Å²) >= 11 is 0. The van der Waals surface area contributed by atoms with Crippen LogP contribution in [-0.2, 0) is 4.79 Å². The van der Waals surface area contributed by atoms with Crippen molar-refractivity contribution in [2.45, 2.75) is 19.6 Å². The topological polar surface area (TPSA) is 81.0 Å². The highest BCUT2D eigenvalue weighted by Crippen LogP contribution is 2.24. The number of allylic oxidation sites excluding steroid dienone is 2. The normalized spacial score (nSPS) is 18.5. The van der Waals surface area contributed by atoms with Crippen molar-refractivity contribution in [3.05, 3.63) is 23.9 Å². The van der Waals surface area contributed by atoms with Crippen LogP contribution in [0.15, 0.2) is 23.9 Å². The van der Waals surface area contributed by atoms with E-state index >= 15 is 0 Å². The Morgan fingerprint density at radius 2 is 2.06 bits per heavy atom. The molecule has 5 nitrogen and oxygen atoms in total. The smallest absolute Gasteiger partial charge is 0.225 e. The summed E-state index contributed by atoms with van der Waals surface area (Å²) in [5.41, 5.74) is 0.118. The van der Waals surface area contributed by atoms with E-state index < -0.39 is 5.79 Å². The Bertz CT molecular complexity index is 344. The van der Waals surface area contributed by atoms with Gasteiger partial charge < -0.3 is 20.2 Å². The SMILES string of the molecule is CC(C)CN(CCO)C1=CC(=O)C=CC1(O)O. The van der Waals surface area contributed by atoms with Gasteiger partial charge in [-0.3, -0.25) is 4.79 Å². The minimum atomic E-state index is -2.14. The number of aliphatic hydroxyl groups is 3. The van der Waals surface area contributed by atoms with Crippen LogP contribution in [0.25, 0.3) is 0 Å².